The maximum Gasteiger partial charge on any atom is 0.0243 e. The molecule has 1 aromatic carbocycles. The van der Waals surface area contributed by atoms with Crippen LogP contribution in [0.3, 0.4) is 0 Å². The van der Waals surface area contributed by atoms with Crippen molar-refractivity contribution in [1.29, 1.82) is 0 Å². The molecule has 1 heterocycles. The fourth-order valence-corrected chi connectivity index (χ4v) is 3.37. The number of aryl methyl sites for hydroxylation is 2. The van der Waals surface area contributed by atoms with Crippen LogP contribution in [0.5, 0.6) is 0 Å². The van der Waals surface area contributed by atoms with Crippen molar-refractivity contribution in [3.8, 4) is 0 Å². The molecule has 0 bridgehead atoms. The maximum atomic E-state index is 3.72. The molecular weight excluding hydrogens is 244 g/mol. The fraction of sp³-hybridized carbons (Fsp3) is 0.667. The molecule has 2 rings (SSSR count). The van der Waals surface area contributed by atoms with Crippen LogP contribution in [0.4, 0.5) is 0 Å². The van der Waals surface area contributed by atoms with Crippen molar-refractivity contribution in [2.24, 2.45) is 0 Å². The SMILES string of the molecule is CCCC1CN(Cc2c(C)cccc2C)C(CC)CN1. The molecular formula is C18H30N2. The van der Waals surface area contributed by atoms with Gasteiger partial charge in [-0.15, -0.1) is 0 Å². The summed E-state index contributed by atoms with van der Waals surface area (Å²) >= 11 is 0. The molecule has 1 aromatic rings. The number of rotatable bonds is 5. The molecule has 2 nitrogen and oxygen atoms in total. The van der Waals surface area contributed by atoms with Gasteiger partial charge < -0.3 is 5.32 Å². The average Bonchev–Trinajstić information content (AvgIpc) is 2.44. The van der Waals surface area contributed by atoms with Crippen molar-refractivity contribution >= 4 is 0 Å². The lowest BCUT2D eigenvalue weighted by Crippen LogP contribution is -2.55. The Morgan fingerprint density at radius 1 is 1.20 bits per heavy atom. The van der Waals surface area contributed by atoms with Crippen LogP contribution in [0.2, 0.25) is 0 Å². The number of benzene rings is 1. The molecule has 2 heteroatoms. The summed E-state index contributed by atoms with van der Waals surface area (Å²) in [6.07, 6.45) is 3.79. The molecule has 20 heavy (non-hydrogen) atoms. The standard InChI is InChI=1S/C18H30N2/c1-5-8-16-12-20(17(6-2)11-19-16)13-18-14(3)9-7-10-15(18)4/h7,9-10,16-17,19H,5-6,8,11-13H2,1-4H3. The fourth-order valence-electron chi connectivity index (χ4n) is 3.37. The molecule has 1 N–H and O–H groups in total. The molecule has 0 radical (unpaired) electrons. The largest absolute Gasteiger partial charge is 0.311 e. The van der Waals surface area contributed by atoms with Crippen LogP contribution in [0, 0.1) is 13.8 Å². The third kappa shape index (κ3) is 3.62. The quantitative estimate of drug-likeness (QED) is 0.881. The topological polar surface area (TPSA) is 15.3 Å². The summed E-state index contributed by atoms with van der Waals surface area (Å²) in [7, 11) is 0. The van der Waals surface area contributed by atoms with Gasteiger partial charge in [-0.1, -0.05) is 38.5 Å². The van der Waals surface area contributed by atoms with Gasteiger partial charge in [-0.2, -0.15) is 0 Å². The van der Waals surface area contributed by atoms with Crippen molar-refractivity contribution in [1.82, 2.24) is 10.2 Å². The highest BCUT2D eigenvalue weighted by molar-refractivity contribution is 5.33. The van der Waals surface area contributed by atoms with Gasteiger partial charge in [-0.05, 0) is 43.4 Å². The molecule has 0 amide bonds. The lowest BCUT2D eigenvalue weighted by molar-refractivity contribution is 0.115. The van der Waals surface area contributed by atoms with Crippen molar-refractivity contribution in [2.45, 2.75) is 65.6 Å². The Kier molecular flexibility index (Phi) is 5.62. The molecule has 2 atom stereocenters. The molecule has 0 aliphatic carbocycles. The van der Waals surface area contributed by atoms with Crippen LogP contribution in [0.1, 0.15) is 49.8 Å². The van der Waals surface area contributed by atoms with E-state index < -0.39 is 0 Å². The van der Waals surface area contributed by atoms with Crippen LogP contribution >= 0.6 is 0 Å². The Hall–Kier alpha value is -0.860. The van der Waals surface area contributed by atoms with Crippen molar-refractivity contribution in [3.63, 3.8) is 0 Å². The Morgan fingerprint density at radius 3 is 2.50 bits per heavy atom. The second kappa shape index (κ2) is 7.24. The Labute approximate surface area is 124 Å². The summed E-state index contributed by atoms with van der Waals surface area (Å²) in [5.74, 6) is 0. The third-order valence-corrected chi connectivity index (χ3v) is 4.73. The third-order valence-electron chi connectivity index (χ3n) is 4.73. The highest BCUT2D eigenvalue weighted by Crippen LogP contribution is 2.21. The van der Waals surface area contributed by atoms with E-state index in [0.29, 0.717) is 12.1 Å². The van der Waals surface area contributed by atoms with E-state index in [2.05, 4.69) is 56.1 Å². The van der Waals surface area contributed by atoms with Gasteiger partial charge in [0, 0.05) is 31.7 Å². The van der Waals surface area contributed by atoms with Crippen molar-refractivity contribution in [2.75, 3.05) is 13.1 Å². The Morgan fingerprint density at radius 2 is 1.90 bits per heavy atom. The molecule has 0 spiro atoms. The molecule has 0 saturated carbocycles. The van der Waals surface area contributed by atoms with E-state index in [4.69, 9.17) is 0 Å². The number of nitrogens with zero attached hydrogens (tertiary/aromatic N) is 1. The first-order valence-corrected chi connectivity index (χ1v) is 8.18. The summed E-state index contributed by atoms with van der Waals surface area (Å²) in [6.45, 7) is 12.5. The van der Waals surface area contributed by atoms with Gasteiger partial charge in [0.05, 0.1) is 0 Å². The highest BCUT2D eigenvalue weighted by Gasteiger charge is 2.26. The molecule has 112 valence electrons. The summed E-state index contributed by atoms with van der Waals surface area (Å²) < 4.78 is 0. The first kappa shape index (κ1) is 15.5. The second-order valence-corrected chi connectivity index (χ2v) is 6.26. The highest BCUT2D eigenvalue weighted by atomic mass is 15.2. The molecule has 1 aliphatic rings. The summed E-state index contributed by atoms with van der Waals surface area (Å²) in [6, 6.07) is 8.02. The number of piperazine rings is 1. The predicted octanol–water partition coefficient (Wildman–Crippen LogP) is 3.66. The zero-order valence-electron chi connectivity index (χ0n) is 13.6. The zero-order chi connectivity index (χ0) is 14.5. The summed E-state index contributed by atoms with van der Waals surface area (Å²) in [5, 5.41) is 3.72. The molecule has 1 aliphatic heterocycles. The van der Waals surface area contributed by atoms with Crippen molar-refractivity contribution < 1.29 is 0 Å². The average molecular weight is 274 g/mol. The van der Waals surface area contributed by atoms with E-state index in [0.717, 1.165) is 13.1 Å². The zero-order valence-corrected chi connectivity index (χ0v) is 13.6. The van der Waals surface area contributed by atoms with E-state index in [9.17, 15) is 0 Å². The van der Waals surface area contributed by atoms with Crippen molar-refractivity contribution in [3.05, 3.63) is 34.9 Å². The molecule has 1 fully saturated rings. The van der Waals surface area contributed by atoms with Gasteiger partial charge in [0.15, 0.2) is 0 Å². The van der Waals surface area contributed by atoms with Crippen LogP contribution < -0.4 is 5.32 Å². The molecule has 0 aromatic heterocycles. The monoisotopic (exact) mass is 274 g/mol. The summed E-state index contributed by atoms with van der Waals surface area (Å²) in [4.78, 5) is 2.70. The maximum absolute atomic E-state index is 3.72. The van der Waals surface area contributed by atoms with E-state index >= 15 is 0 Å². The van der Waals surface area contributed by atoms with Crippen LogP contribution in [0.15, 0.2) is 18.2 Å². The number of hydrogen-bond acceptors (Lipinski definition) is 2. The first-order chi connectivity index (χ1) is 9.65. The van der Waals surface area contributed by atoms with Crippen LogP contribution in [-0.2, 0) is 6.54 Å². The lowest BCUT2D eigenvalue weighted by Gasteiger charge is -2.40. The molecule has 2 unspecified atom stereocenters. The minimum absolute atomic E-state index is 0.673. The molecule has 1 saturated heterocycles. The minimum atomic E-state index is 0.673. The smallest absolute Gasteiger partial charge is 0.0243 e. The number of nitrogens with one attached hydrogen (secondary N) is 1. The van der Waals surface area contributed by atoms with E-state index in [1.54, 1.807) is 0 Å². The second-order valence-electron chi connectivity index (χ2n) is 6.26. The van der Waals surface area contributed by atoms with Crippen LogP contribution in [0.25, 0.3) is 0 Å². The van der Waals surface area contributed by atoms with Crippen LogP contribution in [-0.4, -0.2) is 30.1 Å². The first-order valence-electron chi connectivity index (χ1n) is 8.18. The van der Waals surface area contributed by atoms with E-state index in [-0.39, 0.29) is 0 Å². The van der Waals surface area contributed by atoms with Gasteiger partial charge in [-0.3, -0.25) is 4.90 Å². The minimum Gasteiger partial charge on any atom is -0.311 e. The van der Waals surface area contributed by atoms with Gasteiger partial charge >= 0.3 is 0 Å². The normalized spacial score (nSPS) is 24.0. The van der Waals surface area contributed by atoms with Gasteiger partial charge in [0.2, 0.25) is 0 Å². The predicted molar refractivity (Wildman–Crippen MR) is 87.1 cm³/mol. The lowest BCUT2D eigenvalue weighted by atomic mass is 9.98. The van der Waals surface area contributed by atoms with Gasteiger partial charge in [-0.25, -0.2) is 0 Å². The van der Waals surface area contributed by atoms with Gasteiger partial charge in [0.1, 0.15) is 0 Å². The Balaban J connectivity index is 2.11. The van der Waals surface area contributed by atoms with Gasteiger partial charge in [0.25, 0.3) is 0 Å². The van der Waals surface area contributed by atoms with E-state index in [1.165, 1.54) is 42.5 Å². The Bertz CT molecular complexity index is 407. The van der Waals surface area contributed by atoms with E-state index in [1.807, 2.05) is 0 Å². The summed E-state index contributed by atoms with van der Waals surface area (Å²) in [5.41, 5.74) is 4.40. The number of hydrogen-bond donors (Lipinski definition) is 1.